The molecule has 0 spiro atoms. The minimum absolute atomic E-state index is 0.0761. The van der Waals surface area contributed by atoms with Crippen molar-refractivity contribution >= 4 is 5.97 Å². The zero-order valence-electron chi connectivity index (χ0n) is 8.03. The van der Waals surface area contributed by atoms with Gasteiger partial charge in [-0.3, -0.25) is 4.98 Å². The second-order valence-corrected chi connectivity index (χ2v) is 2.87. The van der Waals surface area contributed by atoms with Crippen LogP contribution in [0.4, 0.5) is 0 Å². The van der Waals surface area contributed by atoms with Gasteiger partial charge in [0.05, 0.1) is 24.5 Å². The van der Waals surface area contributed by atoms with Gasteiger partial charge < -0.3 is 14.6 Å². The summed E-state index contributed by atoms with van der Waals surface area (Å²) >= 11 is 0. The van der Waals surface area contributed by atoms with Crippen LogP contribution in [0.2, 0.25) is 0 Å². The van der Waals surface area contributed by atoms with Crippen LogP contribution in [-0.2, 0) is 0 Å². The molecule has 0 saturated heterocycles. The Hall–Kier alpha value is -1.58. The summed E-state index contributed by atoms with van der Waals surface area (Å²) in [6.45, 7) is 2.70. The van der Waals surface area contributed by atoms with E-state index in [-0.39, 0.29) is 5.69 Å². The summed E-state index contributed by atoms with van der Waals surface area (Å²) in [5.74, 6) is -0.687. The van der Waals surface area contributed by atoms with Gasteiger partial charge in [-0.25, -0.2) is 0 Å². The molecule has 4 nitrogen and oxygen atoms in total. The molecule has 0 unspecified atom stereocenters. The van der Waals surface area contributed by atoms with Crippen LogP contribution in [0.1, 0.15) is 30.3 Å². The number of pyridine rings is 1. The van der Waals surface area contributed by atoms with E-state index in [2.05, 4.69) is 11.9 Å². The standard InChI is InChI=1S/C10H13NO3/c1-2-3-6-14-8-4-5-9(10(12)13)11-7-8/h4-5,7H,2-3,6H2,1H3,(H,12,13)/p-1. The number of ether oxygens (including phenoxy) is 1. The molecule has 0 aliphatic carbocycles. The molecule has 76 valence electrons. The highest BCUT2D eigenvalue weighted by atomic mass is 16.5. The molecule has 1 aromatic heterocycles. The third-order valence-electron chi connectivity index (χ3n) is 1.71. The minimum atomic E-state index is -1.27. The van der Waals surface area contributed by atoms with Crippen molar-refractivity contribution in [1.82, 2.24) is 4.98 Å². The van der Waals surface area contributed by atoms with Crippen molar-refractivity contribution in [2.45, 2.75) is 19.8 Å². The van der Waals surface area contributed by atoms with Crippen LogP contribution in [-0.4, -0.2) is 17.6 Å². The monoisotopic (exact) mass is 194 g/mol. The van der Waals surface area contributed by atoms with Gasteiger partial charge in [0, 0.05) is 0 Å². The van der Waals surface area contributed by atoms with Gasteiger partial charge in [-0.05, 0) is 18.6 Å². The highest BCUT2D eigenvalue weighted by molar-refractivity contribution is 5.83. The number of carboxylic acids is 1. The number of carbonyl (C=O) groups excluding carboxylic acids is 1. The van der Waals surface area contributed by atoms with Gasteiger partial charge >= 0.3 is 0 Å². The van der Waals surface area contributed by atoms with Crippen LogP contribution in [0.5, 0.6) is 5.75 Å². The summed E-state index contributed by atoms with van der Waals surface area (Å²) < 4.78 is 5.31. The average Bonchev–Trinajstić information content (AvgIpc) is 2.19. The second kappa shape index (κ2) is 5.21. The van der Waals surface area contributed by atoms with Gasteiger partial charge in [-0.1, -0.05) is 13.3 Å². The summed E-state index contributed by atoms with van der Waals surface area (Å²) in [5.41, 5.74) is -0.0761. The van der Waals surface area contributed by atoms with E-state index in [1.54, 1.807) is 6.07 Å². The fraction of sp³-hybridized carbons (Fsp3) is 0.400. The molecule has 1 heterocycles. The maximum Gasteiger partial charge on any atom is 0.137 e. The molecule has 0 bridgehead atoms. The number of nitrogens with zero attached hydrogens (tertiary/aromatic N) is 1. The van der Waals surface area contributed by atoms with Gasteiger partial charge in [0.15, 0.2) is 0 Å². The van der Waals surface area contributed by atoms with Crippen LogP contribution >= 0.6 is 0 Å². The molecule has 1 aromatic rings. The smallest absolute Gasteiger partial charge is 0.137 e. The Morgan fingerprint density at radius 3 is 2.86 bits per heavy atom. The predicted molar refractivity (Wildman–Crippen MR) is 49.0 cm³/mol. The topological polar surface area (TPSA) is 62.2 Å². The minimum Gasteiger partial charge on any atom is -0.543 e. The van der Waals surface area contributed by atoms with E-state index < -0.39 is 5.97 Å². The van der Waals surface area contributed by atoms with Crippen LogP contribution in [0.15, 0.2) is 18.3 Å². The lowest BCUT2D eigenvalue weighted by Gasteiger charge is -2.05. The van der Waals surface area contributed by atoms with Crippen LogP contribution in [0.25, 0.3) is 0 Å². The number of carboxylic acid groups (broad SMARTS) is 1. The molecule has 1 rings (SSSR count). The Morgan fingerprint density at radius 1 is 1.57 bits per heavy atom. The Kier molecular flexibility index (Phi) is 3.91. The number of hydrogen-bond acceptors (Lipinski definition) is 4. The molecular formula is C10H12NO3-. The van der Waals surface area contributed by atoms with Crippen LogP contribution < -0.4 is 9.84 Å². The van der Waals surface area contributed by atoms with Crippen molar-refractivity contribution in [3.05, 3.63) is 24.0 Å². The normalized spacial score (nSPS) is 9.79. The van der Waals surface area contributed by atoms with Crippen molar-refractivity contribution in [3.63, 3.8) is 0 Å². The first-order valence-electron chi connectivity index (χ1n) is 4.54. The summed E-state index contributed by atoms with van der Waals surface area (Å²) in [5, 5.41) is 10.4. The maximum absolute atomic E-state index is 10.4. The summed E-state index contributed by atoms with van der Waals surface area (Å²) in [4.78, 5) is 14.0. The van der Waals surface area contributed by atoms with Crippen molar-refractivity contribution in [2.24, 2.45) is 0 Å². The van der Waals surface area contributed by atoms with E-state index in [4.69, 9.17) is 4.74 Å². The molecule has 0 N–H and O–H groups in total. The van der Waals surface area contributed by atoms with Gasteiger partial charge in [0.2, 0.25) is 0 Å². The van der Waals surface area contributed by atoms with Crippen molar-refractivity contribution in [1.29, 1.82) is 0 Å². The number of unbranched alkanes of at least 4 members (excludes halogenated alkanes) is 1. The SMILES string of the molecule is CCCCOc1ccc(C(=O)[O-])nc1. The first-order valence-corrected chi connectivity index (χ1v) is 4.54. The first kappa shape index (κ1) is 10.5. The second-order valence-electron chi connectivity index (χ2n) is 2.87. The molecule has 0 saturated carbocycles. The Labute approximate surface area is 82.5 Å². The summed E-state index contributed by atoms with van der Waals surface area (Å²) in [6, 6.07) is 2.95. The van der Waals surface area contributed by atoms with Gasteiger partial charge in [-0.2, -0.15) is 0 Å². The lowest BCUT2D eigenvalue weighted by atomic mass is 10.3. The average molecular weight is 194 g/mol. The highest BCUT2D eigenvalue weighted by Crippen LogP contribution is 2.09. The number of carbonyl (C=O) groups is 1. The van der Waals surface area contributed by atoms with Gasteiger partial charge in [0.25, 0.3) is 0 Å². The number of hydrogen-bond donors (Lipinski definition) is 0. The maximum atomic E-state index is 10.4. The van der Waals surface area contributed by atoms with Crippen molar-refractivity contribution in [3.8, 4) is 5.75 Å². The van der Waals surface area contributed by atoms with E-state index in [0.717, 1.165) is 12.8 Å². The van der Waals surface area contributed by atoms with Gasteiger partial charge in [0.1, 0.15) is 5.75 Å². The molecule has 0 radical (unpaired) electrons. The van der Waals surface area contributed by atoms with E-state index in [1.165, 1.54) is 12.3 Å². The lowest BCUT2D eigenvalue weighted by molar-refractivity contribution is -0.255. The Balaban J connectivity index is 2.51. The molecule has 4 heteroatoms. The van der Waals surface area contributed by atoms with E-state index >= 15 is 0 Å². The van der Waals surface area contributed by atoms with Gasteiger partial charge in [-0.15, -0.1) is 0 Å². The molecule has 14 heavy (non-hydrogen) atoms. The predicted octanol–water partition coefficient (Wildman–Crippen LogP) is 0.624. The van der Waals surface area contributed by atoms with Crippen LogP contribution in [0.3, 0.4) is 0 Å². The van der Waals surface area contributed by atoms with E-state index in [0.29, 0.717) is 12.4 Å². The molecule has 0 aliphatic rings. The third-order valence-corrected chi connectivity index (χ3v) is 1.71. The van der Waals surface area contributed by atoms with Crippen molar-refractivity contribution in [2.75, 3.05) is 6.61 Å². The van der Waals surface area contributed by atoms with E-state index in [9.17, 15) is 9.90 Å². The lowest BCUT2D eigenvalue weighted by Crippen LogP contribution is -2.23. The zero-order valence-corrected chi connectivity index (χ0v) is 8.03. The first-order chi connectivity index (χ1) is 6.74. The molecular weight excluding hydrogens is 182 g/mol. The Bertz CT molecular complexity index is 295. The molecule has 0 amide bonds. The fourth-order valence-corrected chi connectivity index (χ4v) is 0.921. The molecule has 0 atom stereocenters. The van der Waals surface area contributed by atoms with Crippen LogP contribution in [0, 0.1) is 0 Å². The number of rotatable bonds is 5. The number of aromatic nitrogens is 1. The largest absolute Gasteiger partial charge is 0.543 e. The van der Waals surface area contributed by atoms with Crippen molar-refractivity contribution < 1.29 is 14.6 Å². The molecule has 0 aromatic carbocycles. The summed E-state index contributed by atoms with van der Waals surface area (Å²) in [6.07, 6.45) is 3.42. The number of aromatic carboxylic acids is 1. The molecule has 0 fully saturated rings. The Morgan fingerprint density at radius 2 is 2.36 bits per heavy atom. The molecule has 0 aliphatic heterocycles. The zero-order chi connectivity index (χ0) is 10.4. The summed E-state index contributed by atoms with van der Waals surface area (Å²) in [7, 11) is 0. The third kappa shape index (κ3) is 3.05. The quantitative estimate of drug-likeness (QED) is 0.645. The van der Waals surface area contributed by atoms with E-state index in [1.807, 2.05) is 0 Å². The fourth-order valence-electron chi connectivity index (χ4n) is 0.921. The highest BCUT2D eigenvalue weighted by Gasteiger charge is 1.96.